The van der Waals surface area contributed by atoms with E-state index in [1.165, 1.54) is 17.0 Å². The van der Waals surface area contributed by atoms with Gasteiger partial charge in [0.25, 0.3) is 0 Å². The van der Waals surface area contributed by atoms with E-state index in [9.17, 15) is 9.59 Å². The van der Waals surface area contributed by atoms with E-state index in [4.69, 9.17) is 0 Å². The summed E-state index contributed by atoms with van der Waals surface area (Å²) in [5, 5.41) is 5.92. The molecule has 0 atom stereocenters. The molecule has 0 aliphatic carbocycles. The van der Waals surface area contributed by atoms with E-state index in [0.29, 0.717) is 5.39 Å². The van der Waals surface area contributed by atoms with Gasteiger partial charge in [-0.25, -0.2) is 0 Å². The monoisotopic (exact) mass is 395 g/mol. The average Bonchev–Trinajstić information content (AvgIpc) is 3.09. The quantitative estimate of drug-likeness (QED) is 0.477. The van der Waals surface area contributed by atoms with Crippen molar-refractivity contribution in [2.75, 3.05) is 5.32 Å². The van der Waals surface area contributed by atoms with Crippen molar-refractivity contribution in [1.29, 1.82) is 0 Å². The molecule has 3 aromatic carbocycles. The minimum atomic E-state index is -0.137. The lowest BCUT2D eigenvalue weighted by atomic mass is 10.1. The van der Waals surface area contributed by atoms with Crippen LogP contribution in [0.15, 0.2) is 83.8 Å². The Morgan fingerprint density at radius 3 is 2.33 bits per heavy atom. The number of aromatic nitrogens is 2. The van der Waals surface area contributed by atoms with E-state index in [1.807, 2.05) is 42.5 Å². The van der Waals surface area contributed by atoms with Crippen LogP contribution in [0.4, 0.5) is 5.69 Å². The second-order valence-corrected chi connectivity index (χ2v) is 7.37. The van der Waals surface area contributed by atoms with Gasteiger partial charge in [0.2, 0.25) is 5.91 Å². The average molecular weight is 395 g/mol. The number of benzene rings is 3. The van der Waals surface area contributed by atoms with Gasteiger partial charge >= 0.3 is 0 Å². The van der Waals surface area contributed by atoms with Gasteiger partial charge in [-0.1, -0.05) is 30.3 Å². The first-order valence-electron chi connectivity index (χ1n) is 10.0. The Bertz CT molecular complexity index is 1480. The SMILES string of the molecule is CCn1c2ccccc2c2cc(NC(=O)Cn3ccc(=O)c4ccccc43)ccc21. The second-order valence-electron chi connectivity index (χ2n) is 7.37. The molecule has 0 radical (unpaired) electrons. The molecule has 5 nitrogen and oxygen atoms in total. The number of fused-ring (bicyclic) bond motifs is 4. The molecule has 1 amide bonds. The number of hydrogen-bond donors (Lipinski definition) is 1. The van der Waals surface area contributed by atoms with Gasteiger partial charge in [0.1, 0.15) is 6.54 Å². The van der Waals surface area contributed by atoms with E-state index in [-0.39, 0.29) is 17.9 Å². The van der Waals surface area contributed by atoms with E-state index in [0.717, 1.165) is 28.7 Å². The summed E-state index contributed by atoms with van der Waals surface area (Å²) in [5.74, 6) is -0.137. The highest BCUT2D eigenvalue weighted by atomic mass is 16.2. The van der Waals surface area contributed by atoms with Crippen LogP contribution in [0.25, 0.3) is 32.7 Å². The summed E-state index contributed by atoms with van der Waals surface area (Å²) in [7, 11) is 0. The van der Waals surface area contributed by atoms with Crippen molar-refractivity contribution >= 4 is 44.3 Å². The molecule has 5 rings (SSSR count). The maximum Gasteiger partial charge on any atom is 0.244 e. The number of carbonyl (C=O) groups excluding carboxylic acids is 1. The number of amides is 1. The molecule has 5 aromatic rings. The molecule has 5 heteroatoms. The number of aryl methyl sites for hydroxylation is 1. The predicted octanol–water partition coefficient (Wildman–Crippen LogP) is 4.77. The molecule has 148 valence electrons. The normalized spacial score (nSPS) is 11.4. The molecule has 0 aliphatic rings. The molecule has 0 aliphatic heterocycles. The number of nitrogens with one attached hydrogen (secondary N) is 1. The lowest BCUT2D eigenvalue weighted by Gasteiger charge is -2.11. The van der Waals surface area contributed by atoms with Crippen LogP contribution in [-0.2, 0) is 17.9 Å². The van der Waals surface area contributed by atoms with Crippen LogP contribution in [0.3, 0.4) is 0 Å². The van der Waals surface area contributed by atoms with Gasteiger partial charge < -0.3 is 14.5 Å². The molecule has 0 unspecified atom stereocenters. The Morgan fingerprint density at radius 1 is 0.833 bits per heavy atom. The van der Waals surface area contributed by atoms with Crippen LogP contribution >= 0.6 is 0 Å². The highest BCUT2D eigenvalue weighted by molar-refractivity contribution is 6.09. The number of para-hydroxylation sites is 2. The number of anilines is 1. The van der Waals surface area contributed by atoms with E-state index < -0.39 is 0 Å². The highest BCUT2D eigenvalue weighted by Gasteiger charge is 2.11. The molecule has 30 heavy (non-hydrogen) atoms. The van der Waals surface area contributed by atoms with Crippen molar-refractivity contribution in [3.8, 4) is 0 Å². The Balaban J connectivity index is 1.48. The summed E-state index contributed by atoms with van der Waals surface area (Å²) < 4.78 is 4.08. The molecule has 2 aromatic heterocycles. The topological polar surface area (TPSA) is 56.0 Å². The Hall–Kier alpha value is -3.86. The summed E-state index contributed by atoms with van der Waals surface area (Å²) in [4.78, 5) is 24.8. The molecule has 2 heterocycles. The summed E-state index contributed by atoms with van der Waals surface area (Å²) in [6.07, 6.45) is 1.67. The number of nitrogens with zero attached hydrogens (tertiary/aromatic N) is 2. The fraction of sp³-hybridized carbons (Fsp3) is 0.120. The van der Waals surface area contributed by atoms with Crippen LogP contribution in [0.1, 0.15) is 6.92 Å². The summed E-state index contributed by atoms with van der Waals surface area (Å²) in [6, 6.07) is 23.2. The molecular formula is C25H21N3O2. The van der Waals surface area contributed by atoms with Crippen LogP contribution in [0.5, 0.6) is 0 Å². The third-order valence-corrected chi connectivity index (χ3v) is 5.57. The molecule has 0 saturated carbocycles. The van der Waals surface area contributed by atoms with Gasteiger partial charge in [0.05, 0.1) is 5.52 Å². The Labute approximate surface area is 173 Å². The van der Waals surface area contributed by atoms with Crippen molar-refractivity contribution < 1.29 is 4.79 Å². The third-order valence-electron chi connectivity index (χ3n) is 5.57. The van der Waals surface area contributed by atoms with Crippen molar-refractivity contribution in [1.82, 2.24) is 9.13 Å². The maximum absolute atomic E-state index is 12.8. The van der Waals surface area contributed by atoms with Gasteiger partial charge in [-0.2, -0.15) is 0 Å². The lowest BCUT2D eigenvalue weighted by Crippen LogP contribution is -2.20. The lowest BCUT2D eigenvalue weighted by molar-refractivity contribution is -0.116. The first kappa shape index (κ1) is 18.2. The van der Waals surface area contributed by atoms with Crippen LogP contribution in [-0.4, -0.2) is 15.0 Å². The van der Waals surface area contributed by atoms with Gasteiger partial charge in [0.15, 0.2) is 5.43 Å². The van der Waals surface area contributed by atoms with Gasteiger partial charge in [-0.05, 0) is 43.3 Å². The minimum Gasteiger partial charge on any atom is -0.341 e. The second kappa shape index (κ2) is 7.19. The van der Waals surface area contributed by atoms with Crippen molar-refractivity contribution in [2.45, 2.75) is 20.0 Å². The molecular weight excluding hydrogens is 374 g/mol. The van der Waals surface area contributed by atoms with Crippen LogP contribution < -0.4 is 10.7 Å². The fourth-order valence-corrected chi connectivity index (χ4v) is 4.23. The van der Waals surface area contributed by atoms with Gasteiger partial charge in [-0.15, -0.1) is 0 Å². The van der Waals surface area contributed by atoms with E-state index in [1.54, 1.807) is 16.8 Å². The minimum absolute atomic E-state index is 0.0416. The zero-order chi connectivity index (χ0) is 20.7. The molecule has 0 saturated heterocycles. The maximum atomic E-state index is 12.8. The van der Waals surface area contributed by atoms with Crippen LogP contribution in [0.2, 0.25) is 0 Å². The number of carbonyl (C=O) groups is 1. The van der Waals surface area contributed by atoms with Crippen LogP contribution in [0, 0.1) is 0 Å². The van der Waals surface area contributed by atoms with E-state index in [2.05, 4.69) is 35.0 Å². The Kier molecular flexibility index (Phi) is 4.36. The number of rotatable bonds is 4. The smallest absolute Gasteiger partial charge is 0.244 e. The zero-order valence-electron chi connectivity index (χ0n) is 16.6. The van der Waals surface area contributed by atoms with Crippen molar-refractivity contribution in [2.24, 2.45) is 0 Å². The first-order chi connectivity index (χ1) is 14.7. The zero-order valence-corrected chi connectivity index (χ0v) is 16.6. The van der Waals surface area contributed by atoms with Gasteiger partial charge in [0, 0.05) is 51.7 Å². The summed E-state index contributed by atoms with van der Waals surface area (Å²) in [6.45, 7) is 3.15. The predicted molar refractivity (Wildman–Crippen MR) is 122 cm³/mol. The number of hydrogen-bond acceptors (Lipinski definition) is 2. The Morgan fingerprint density at radius 2 is 1.53 bits per heavy atom. The largest absolute Gasteiger partial charge is 0.341 e. The summed E-state index contributed by atoms with van der Waals surface area (Å²) in [5.41, 5.74) is 3.82. The molecule has 1 N–H and O–H groups in total. The third kappa shape index (κ3) is 2.95. The number of pyridine rings is 1. The standard InChI is InChI=1S/C25H21N3O2/c1-2-28-22-10-6-3-7-18(22)20-15-17(11-12-23(20)28)26-25(30)16-27-14-13-24(29)19-8-4-5-9-21(19)27/h3-15H,2,16H2,1H3,(H,26,30). The fourth-order valence-electron chi connectivity index (χ4n) is 4.23. The first-order valence-corrected chi connectivity index (χ1v) is 10.0. The highest BCUT2D eigenvalue weighted by Crippen LogP contribution is 2.31. The van der Waals surface area contributed by atoms with Crippen molar-refractivity contribution in [3.05, 3.63) is 89.2 Å². The molecule has 0 spiro atoms. The molecule has 0 fully saturated rings. The van der Waals surface area contributed by atoms with E-state index >= 15 is 0 Å². The van der Waals surface area contributed by atoms with Gasteiger partial charge in [-0.3, -0.25) is 9.59 Å². The summed E-state index contributed by atoms with van der Waals surface area (Å²) >= 11 is 0. The van der Waals surface area contributed by atoms with Crippen molar-refractivity contribution in [3.63, 3.8) is 0 Å². The molecule has 0 bridgehead atoms.